The molecular weight excluding hydrogens is 444 g/mol. The standard InChI is InChI=1S/C25H23ClN2O5/c1-16(27-23(29)20-13-6-7-14-21(20)26)25(31)33-22(17-9-4-3-5-10-17)24(30)28-18-11-8-12-19(15-18)32-2/h3-16,22H,1-2H3,(H,27,29)(H,28,30). The lowest BCUT2D eigenvalue weighted by molar-refractivity contribution is -0.156. The highest BCUT2D eigenvalue weighted by Crippen LogP contribution is 2.23. The van der Waals surface area contributed by atoms with Gasteiger partial charge in [-0.1, -0.05) is 60.1 Å². The molecule has 0 saturated heterocycles. The van der Waals surface area contributed by atoms with Gasteiger partial charge in [0.05, 0.1) is 17.7 Å². The normalized spacial score (nSPS) is 12.2. The van der Waals surface area contributed by atoms with Crippen molar-refractivity contribution >= 4 is 35.1 Å². The fourth-order valence-corrected chi connectivity index (χ4v) is 3.23. The Morgan fingerprint density at radius 1 is 0.909 bits per heavy atom. The maximum Gasteiger partial charge on any atom is 0.329 e. The van der Waals surface area contributed by atoms with Crippen molar-refractivity contribution < 1.29 is 23.9 Å². The summed E-state index contributed by atoms with van der Waals surface area (Å²) in [7, 11) is 1.52. The van der Waals surface area contributed by atoms with Gasteiger partial charge in [0.2, 0.25) is 6.10 Å². The van der Waals surface area contributed by atoms with Gasteiger partial charge in [-0.2, -0.15) is 0 Å². The molecule has 0 aromatic heterocycles. The summed E-state index contributed by atoms with van der Waals surface area (Å²) in [6, 6.07) is 20.9. The number of ether oxygens (including phenoxy) is 2. The first kappa shape index (κ1) is 23.8. The van der Waals surface area contributed by atoms with Crippen LogP contribution in [-0.4, -0.2) is 30.9 Å². The van der Waals surface area contributed by atoms with Crippen LogP contribution in [0.25, 0.3) is 0 Å². The van der Waals surface area contributed by atoms with Gasteiger partial charge in [-0.25, -0.2) is 4.79 Å². The SMILES string of the molecule is COc1cccc(NC(=O)C(OC(=O)C(C)NC(=O)c2ccccc2Cl)c2ccccc2)c1. The number of hydrogen-bond acceptors (Lipinski definition) is 5. The molecule has 2 N–H and O–H groups in total. The second kappa shape index (κ2) is 11.2. The number of benzene rings is 3. The number of amides is 2. The van der Waals surface area contributed by atoms with E-state index in [1.54, 1.807) is 78.9 Å². The predicted molar refractivity (Wildman–Crippen MR) is 125 cm³/mol. The Hall–Kier alpha value is -3.84. The number of nitrogens with one attached hydrogen (secondary N) is 2. The highest BCUT2D eigenvalue weighted by atomic mass is 35.5. The lowest BCUT2D eigenvalue weighted by Gasteiger charge is -2.21. The van der Waals surface area contributed by atoms with Gasteiger partial charge in [-0.3, -0.25) is 9.59 Å². The van der Waals surface area contributed by atoms with E-state index in [1.807, 2.05) is 0 Å². The van der Waals surface area contributed by atoms with Crippen molar-refractivity contribution in [1.29, 1.82) is 0 Å². The molecule has 0 radical (unpaired) electrons. The van der Waals surface area contributed by atoms with Crippen LogP contribution in [0, 0.1) is 0 Å². The Morgan fingerprint density at radius 2 is 1.61 bits per heavy atom. The number of halogens is 1. The second-order valence-electron chi connectivity index (χ2n) is 7.12. The fraction of sp³-hybridized carbons (Fsp3) is 0.160. The van der Waals surface area contributed by atoms with Gasteiger partial charge in [0.15, 0.2) is 0 Å². The van der Waals surface area contributed by atoms with Crippen LogP contribution >= 0.6 is 11.6 Å². The molecule has 0 aliphatic rings. The third-order valence-corrected chi connectivity index (χ3v) is 5.06. The van der Waals surface area contributed by atoms with Gasteiger partial charge in [-0.05, 0) is 31.2 Å². The van der Waals surface area contributed by atoms with Crippen molar-refractivity contribution in [1.82, 2.24) is 5.32 Å². The van der Waals surface area contributed by atoms with E-state index in [-0.39, 0.29) is 10.6 Å². The van der Waals surface area contributed by atoms with E-state index in [0.717, 1.165) is 0 Å². The van der Waals surface area contributed by atoms with E-state index in [4.69, 9.17) is 21.1 Å². The van der Waals surface area contributed by atoms with E-state index in [2.05, 4.69) is 10.6 Å². The van der Waals surface area contributed by atoms with Crippen molar-refractivity contribution in [2.45, 2.75) is 19.1 Å². The molecule has 0 heterocycles. The molecule has 0 bridgehead atoms. The first-order valence-corrected chi connectivity index (χ1v) is 10.5. The van der Waals surface area contributed by atoms with Gasteiger partial charge in [0, 0.05) is 17.3 Å². The lowest BCUT2D eigenvalue weighted by atomic mass is 10.1. The third-order valence-electron chi connectivity index (χ3n) is 4.73. The van der Waals surface area contributed by atoms with Crippen LogP contribution in [0.2, 0.25) is 5.02 Å². The van der Waals surface area contributed by atoms with E-state index < -0.39 is 29.9 Å². The first-order chi connectivity index (χ1) is 15.9. The Morgan fingerprint density at radius 3 is 2.30 bits per heavy atom. The maximum atomic E-state index is 13.0. The summed E-state index contributed by atoms with van der Waals surface area (Å²) >= 11 is 6.05. The van der Waals surface area contributed by atoms with Gasteiger partial charge in [0.1, 0.15) is 11.8 Å². The number of rotatable bonds is 8. The van der Waals surface area contributed by atoms with Gasteiger partial charge in [-0.15, -0.1) is 0 Å². The minimum Gasteiger partial charge on any atom is -0.497 e. The summed E-state index contributed by atoms with van der Waals surface area (Å²) in [4.78, 5) is 38.3. The van der Waals surface area contributed by atoms with Crippen LogP contribution in [0.15, 0.2) is 78.9 Å². The number of methoxy groups -OCH3 is 1. The molecule has 3 rings (SSSR count). The molecular formula is C25H23ClN2O5. The van der Waals surface area contributed by atoms with Crippen molar-refractivity contribution in [3.63, 3.8) is 0 Å². The predicted octanol–water partition coefficient (Wildman–Crippen LogP) is 4.39. The number of esters is 1. The van der Waals surface area contributed by atoms with E-state index in [0.29, 0.717) is 17.0 Å². The van der Waals surface area contributed by atoms with Crippen LogP contribution in [-0.2, 0) is 14.3 Å². The molecule has 0 spiro atoms. The summed E-state index contributed by atoms with van der Waals surface area (Å²) in [5, 5.41) is 5.54. The van der Waals surface area contributed by atoms with Crippen molar-refractivity contribution in [3.8, 4) is 5.75 Å². The topological polar surface area (TPSA) is 93.7 Å². The molecule has 3 aromatic rings. The summed E-state index contributed by atoms with van der Waals surface area (Å²) in [5.74, 6) is -1.28. The number of anilines is 1. The molecule has 33 heavy (non-hydrogen) atoms. The molecule has 0 fully saturated rings. The smallest absolute Gasteiger partial charge is 0.329 e. The van der Waals surface area contributed by atoms with Crippen LogP contribution in [0.4, 0.5) is 5.69 Å². The maximum absolute atomic E-state index is 13.0. The number of hydrogen-bond donors (Lipinski definition) is 2. The van der Waals surface area contributed by atoms with E-state index in [9.17, 15) is 14.4 Å². The highest BCUT2D eigenvalue weighted by molar-refractivity contribution is 6.33. The Kier molecular flexibility index (Phi) is 8.05. The molecule has 2 amide bonds. The van der Waals surface area contributed by atoms with Gasteiger partial charge < -0.3 is 20.1 Å². The van der Waals surface area contributed by atoms with Crippen molar-refractivity contribution in [2.24, 2.45) is 0 Å². The van der Waals surface area contributed by atoms with E-state index in [1.165, 1.54) is 14.0 Å². The average molecular weight is 467 g/mol. The minimum absolute atomic E-state index is 0.231. The van der Waals surface area contributed by atoms with Crippen LogP contribution in [0.3, 0.4) is 0 Å². The monoisotopic (exact) mass is 466 g/mol. The number of carbonyl (C=O) groups excluding carboxylic acids is 3. The molecule has 2 unspecified atom stereocenters. The molecule has 0 aliphatic carbocycles. The molecule has 0 saturated carbocycles. The lowest BCUT2D eigenvalue weighted by Crippen LogP contribution is -2.41. The summed E-state index contributed by atoms with van der Waals surface area (Å²) in [6.45, 7) is 1.47. The zero-order valence-electron chi connectivity index (χ0n) is 18.1. The van der Waals surface area contributed by atoms with Crippen molar-refractivity contribution in [3.05, 3.63) is 95.0 Å². The molecule has 3 aromatic carbocycles. The van der Waals surface area contributed by atoms with Crippen molar-refractivity contribution in [2.75, 3.05) is 12.4 Å². The molecule has 2 atom stereocenters. The average Bonchev–Trinajstić information content (AvgIpc) is 2.83. The summed E-state index contributed by atoms with van der Waals surface area (Å²) in [6.07, 6.45) is -1.23. The Balaban J connectivity index is 1.74. The fourth-order valence-electron chi connectivity index (χ4n) is 3.01. The Labute approximate surface area is 196 Å². The minimum atomic E-state index is -1.23. The van der Waals surface area contributed by atoms with Crippen LogP contribution in [0.5, 0.6) is 5.75 Å². The number of carbonyl (C=O) groups is 3. The Bertz CT molecular complexity index is 1140. The quantitative estimate of drug-likeness (QED) is 0.480. The molecule has 170 valence electrons. The second-order valence-corrected chi connectivity index (χ2v) is 7.53. The zero-order valence-corrected chi connectivity index (χ0v) is 18.8. The van der Waals surface area contributed by atoms with Crippen LogP contribution in [0.1, 0.15) is 28.9 Å². The molecule has 0 aliphatic heterocycles. The first-order valence-electron chi connectivity index (χ1n) is 10.1. The zero-order chi connectivity index (χ0) is 23.8. The molecule has 7 nitrogen and oxygen atoms in total. The summed E-state index contributed by atoms with van der Waals surface area (Å²) < 4.78 is 10.7. The highest BCUT2D eigenvalue weighted by Gasteiger charge is 2.28. The van der Waals surface area contributed by atoms with Gasteiger partial charge >= 0.3 is 5.97 Å². The molecule has 8 heteroatoms. The summed E-state index contributed by atoms with van der Waals surface area (Å²) in [5.41, 5.74) is 1.20. The largest absolute Gasteiger partial charge is 0.497 e. The van der Waals surface area contributed by atoms with Gasteiger partial charge in [0.25, 0.3) is 11.8 Å². The van der Waals surface area contributed by atoms with Crippen LogP contribution < -0.4 is 15.4 Å². The van der Waals surface area contributed by atoms with E-state index >= 15 is 0 Å². The third kappa shape index (κ3) is 6.33.